The number of amides is 1. The number of carbonyl (C=O) groups is 1. The van der Waals surface area contributed by atoms with E-state index in [1.807, 2.05) is 6.07 Å². The van der Waals surface area contributed by atoms with Gasteiger partial charge in [0.1, 0.15) is 36.2 Å². The molecule has 0 saturated heterocycles. The van der Waals surface area contributed by atoms with Crippen LogP contribution in [0.3, 0.4) is 0 Å². The van der Waals surface area contributed by atoms with Crippen molar-refractivity contribution in [1.82, 2.24) is 14.6 Å². The summed E-state index contributed by atoms with van der Waals surface area (Å²) in [5, 5.41) is 21.5. The third-order valence-corrected chi connectivity index (χ3v) is 4.38. The normalized spacial score (nSPS) is 12.3. The lowest BCUT2D eigenvalue weighted by atomic mass is 10.2. The van der Waals surface area contributed by atoms with Gasteiger partial charge in [0.2, 0.25) is 5.91 Å². The highest BCUT2D eigenvalue weighted by molar-refractivity contribution is 5.94. The molecule has 4 rings (SSSR count). The molecule has 0 atom stereocenters. The average molecular weight is 411 g/mol. The van der Waals surface area contributed by atoms with Crippen LogP contribution in [0.1, 0.15) is 12.8 Å². The first-order valence-corrected chi connectivity index (χ1v) is 9.19. The summed E-state index contributed by atoms with van der Waals surface area (Å²) in [5.74, 6) is 0.725. The molecule has 1 aliphatic rings. The number of hydrogen-bond donors (Lipinski definition) is 3. The van der Waals surface area contributed by atoms with E-state index in [-0.39, 0.29) is 30.2 Å². The number of nitriles is 1. The molecule has 154 valence electrons. The zero-order valence-corrected chi connectivity index (χ0v) is 16.0. The quantitative estimate of drug-likeness (QED) is 0.565. The molecule has 0 unspecified atom stereocenters. The fourth-order valence-corrected chi connectivity index (χ4v) is 3.01. The summed E-state index contributed by atoms with van der Waals surface area (Å²) < 4.78 is 27.1. The second kappa shape index (κ2) is 8.12. The van der Waals surface area contributed by atoms with Crippen molar-refractivity contribution in [2.45, 2.75) is 12.8 Å². The summed E-state index contributed by atoms with van der Waals surface area (Å²) in [7, 11) is 1.70. The van der Waals surface area contributed by atoms with Crippen LogP contribution in [0.25, 0.3) is 5.65 Å². The Labute approximate surface area is 170 Å². The molecule has 3 heterocycles. The van der Waals surface area contributed by atoms with Gasteiger partial charge in [-0.05, 0) is 12.1 Å². The number of carbonyl (C=O) groups excluding carboxylic acids is 1. The molecular weight excluding hydrogens is 393 g/mol. The molecule has 10 nitrogen and oxygen atoms in total. The SMILES string of the molecule is CNc1cc(Nc2c(F)ccc3c2OCCO3)nc2c(NC(=O)CCC#N)cnn12. The van der Waals surface area contributed by atoms with E-state index < -0.39 is 5.82 Å². The second-order valence-electron chi connectivity index (χ2n) is 6.35. The third kappa shape index (κ3) is 3.62. The van der Waals surface area contributed by atoms with E-state index in [4.69, 9.17) is 14.7 Å². The van der Waals surface area contributed by atoms with Crippen LogP contribution in [0.5, 0.6) is 11.5 Å². The zero-order valence-electron chi connectivity index (χ0n) is 16.0. The van der Waals surface area contributed by atoms with E-state index in [1.165, 1.54) is 22.8 Å². The van der Waals surface area contributed by atoms with Crippen LogP contribution in [-0.4, -0.2) is 40.8 Å². The first-order valence-electron chi connectivity index (χ1n) is 9.19. The third-order valence-electron chi connectivity index (χ3n) is 4.38. The maximum atomic E-state index is 14.5. The summed E-state index contributed by atoms with van der Waals surface area (Å²) in [4.78, 5) is 16.5. The van der Waals surface area contributed by atoms with Gasteiger partial charge < -0.3 is 25.4 Å². The van der Waals surface area contributed by atoms with E-state index in [1.54, 1.807) is 13.1 Å². The number of nitrogens with one attached hydrogen (secondary N) is 3. The molecule has 0 bridgehead atoms. The molecule has 0 fully saturated rings. The Morgan fingerprint density at radius 3 is 3.00 bits per heavy atom. The highest BCUT2D eigenvalue weighted by Crippen LogP contribution is 2.40. The van der Waals surface area contributed by atoms with Gasteiger partial charge in [-0.1, -0.05) is 0 Å². The molecule has 1 amide bonds. The minimum absolute atomic E-state index is 0.0589. The monoisotopic (exact) mass is 411 g/mol. The molecule has 0 aliphatic carbocycles. The number of hydrogen-bond acceptors (Lipinski definition) is 8. The number of benzene rings is 1. The maximum Gasteiger partial charge on any atom is 0.225 e. The Morgan fingerprint density at radius 2 is 2.20 bits per heavy atom. The average Bonchev–Trinajstić information content (AvgIpc) is 3.16. The largest absolute Gasteiger partial charge is 0.486 e. The van der Waals surface area contributed by atoms with Gasteiger partial charge in [0.25, 0.3) is 0 Å². The van der Waals surface area contributed by atoms with Gasteiger partial charge in [-0.15, -0.1) is 0 Å². The number of ether oxygens (including phenoxy) is 2. The molecule has 3 N–H and O–H groups in total. The number of anilines is 4. The van der Waals surface area contributed by atoms with Gasteiger partial charge >= 0.3 is 0 Å². The molecule has 0 radical (unpaired) electrons. The van der Waals surface area contributed by atoms with Crippen molar-refractivity contribution in [3.8, 4) is 17.6 Å². The maximum absolute atomic E-state index is 14.5. The van der Waals surface area contributed by atoms with Crippen molar-refractivity contribution in [1.29, 1.82) is 5.26 Å². The van der Waals surface area contributed by atoms with Gasteiger partial charge in [0.15, 0.2) is 23.0 Å². The summed E-state index contributed by atoms with van der Waals surface area (Å²) in [6.07, 6.45) is 1.62. The topological polar surface area (TPSA) is 126 Å². The van der Waals surface area contributed by atoms with Gasteiger partial charge in [-0.2, -0.15) is 14.9 Å². The Bertz CT molecular complexity index is 1160. The van der Waals surface area contributed by atoms with Gasteiger partial charge in [0, 0.05) is 26.0 Å². The zero-order chi connectivity index (χ0) is 21.1. The molecule has 2 aromatic heterocycles. The van der Waals surface area contributed by atoms with Gasteiger partial charge in [0.05, 0.1) is 12.3 Å². The first kappa shape index (κ1) is 19.3. The van der Waals surface area contributed by atoms with Crippen molar-refractivity contribution in [3.05, 3.63) is 30.2 Å². The summed E-state index contributed by atoms with van der Waals surface area (Å²) in [6.45, 7) is 0.692. The summed E-state index contributed by atoms with van der Waals surface area (Å²) in [6, 6.07) is 6.36. The van der Waals surface area contributed by atoms with Crippen molar-refractivity contribution in [2.75, 3.05) is 36.2 Å². The molecule has 30 heavy (non-hydrogen) atoms. The van der Waals surface area contributed by atoms with Crippen LogP contribution in [-0.2, 0) is 4.79 Å². The molecule has 0 saturated carbocycles. The Hall–Kier alpha value is -4.07. The molecule has 0 spiro atoms. The number of fused-ring (bicyclic) bond motifs is 2. The van der Waals surface area contributed by atoms with Crippen LogP contribution in [0.15, 0.2) is 24.4 Å². The number of rotatable bonds is 6. The van der Waals surface area contributed by atoms with E-state index in [0.717, 1.165) is 0 Å². The molecule has 11 heteroatoms. The van der Waals surface area contributed by atoms with Crippen LogP contribution in [0.2, 0.25) is 0 Å². The summed E-state index contributed by atoms with van der Waals surface area (Å²) >= 11 is 0. The molecular formula is C19H18FN7O3. The minimum atomic E-state index is -0.523. The number of halogens is 1. The Balaban J connectivity index is 1.71. The standard InChI is InChI=1S/C19H18FN7O3/c1-22-15-9-14(25-17-11(20)4-5-13-18(17)30-8-7-29-13)26-19-12(10-23-27(15)19)24-16(28)3-2-6-21/h4-5,9-10,22H,2-3,7-8H2,1H3,(H,24,28)(H,25,26). The van der Waals surface area contributed by atoms with Crippen molar-refractivity contribution >= 4 is 34.6 Å². The highest BCUT2D eigenvalue weighted by Gasteiger charge is 2.21. The molecule has 1 aromatic carbocycles. The predicted molar refractivity (Wildman–Crippen MR) is 107 cm³/mol. The highest BCUT2D eigenvalue weighted by atomic mass is 19.1. The lowest BCUT2D eigenvalue weighted by molar-refractivity contribution is -0.116. The predicted octanol–water partition coefficient (Wildman–Crippen LogP) is 2.67. The number of nitrogens with zero attached hydrogens (tertiary/aromatic N) is 4. The van der Waals surface area contributed by atoms with E-state index in [0.29, 0.717) is 41.9 Å². The minimum Gasteiger partial charge on any atom is -0.486 e. The lowest BCUT2D eigenvalue weighted by Gasteiger charge is -2.22. The van der Waals surface area contributed by atoms with E-state index in [2.05, 4.69) is 26.0 Å². The first-order chi connectivity index (χ1) is 14.6. The van der Waals surface area contributed by atoms with E-state index >= 15 is 0 Å². The Kier molecular flexibility index (Phi) is 5.21. The van der Waals surface area contributed by atoms with Crippen LogP contribution in [0, 0.1) is 17.1 Å². The fraction of sp³-hybridized carbons (Fsp3) is 0.263. The smallest absolute Gasteiger partial charge is 0.225 e. The lowest BCUT2D eigenvalue weighted by Crippen LogP contribution is -2.17. The van der Waals surface area contributed by atoms with Gasteiger partial charge in [-0.25, -0.2) is 9.37 Å². The van der Waals surface area contributed by atoms with Crippen molar-refractivity contribution in [2.24, 2.45) is 0 Å². The summed E-state index contributed by atoms with van der Waals surface area (Å²) in [5.41, 5.74) is 0.815. The van der Waals surface area contributed by atoms with E-state index in [9.17, 15) is 9.18 Å². The fourth-order valence-electron chi connectivity index (χ4n) is 3.01. The van der Waals surface area contributed by atoms with Crippen molar-refractivity contribution < 1.29 is 18.7 Å². The van der Waals surface area contributed by atoms with Crippen LogP contribution < -0.4 is 25.4 Å². The molecule has 3 aromatic rings. The van der Waals surface area contributed by atoms with Crippen molar-refractivity contribution in [3.63, 3.8) is 0 Å². The van der Waals surface area contributed by atoms with Crippen LogP contribution in [0.4, 0.5) is 27.4 Å². The van der Waals surface area contributed by atoms with Crippen LogP contribution >= 0.6 is 0 Å². The van der Waals surface area contributed by atoms with Gasteiger partial charge in [-0.3, -0.25) is 4.79 Å². The number of aromatic nitrogens is 3. The molecule has 1 aliphatic heterocycles. The Morgan fingerprint density at radius 1 is 1.37 bits per heavy atom. The second-order valence-corrected chi connectivity index (χ2v) is 6.35.